The molecular weight excluding hydrogens is 246 g/mol. The van der Waals surface area contributed by atoms with Crippen molar-refractivity contribution >= 4 is 17.5 Å². The van der Waals surface area contributed by atoms with Crippen LogP contribution in [0.25, 0.3) is 0 Å². The van der Waals surface area contributed by atoms with Gasteiger partial charge < -0.3 is 4.90 Å². The highest BCUT2D eigenvalue weighted by molar-refractivity contribution is 6.18. The van der Waals surface area contributed by atoms with Crippen LogP contribution in [-0.2, 0) is 4.79 Å². The lowest BCUT2D eigenvalue weighted by atomic mass is 9.97. The number of nitrogens with zero attached hydrogens (tertiary/aromatic N) is 1. The predicted molar refractivity (Wildman–Crippen MR) is 78.0 cm³/mol. The van der Waals surface area contributed by atoms with E-state index in [2.05, 4.69) is 18.7 Å². The van der Waals surface area contributed by atoms with Crippen LogP contribution in [0.15, 0.2) is 0 Å². The number of hydrogen-bond donors (Lipinski definition) is 0. The Morgan fingerprint density at radius 3 is 2.72 bits per heavy atom. The number of rotatable bonds is 6. The molecule has 0 spiro atoms. The second-order valence-corrected chi connectivity index (χ2v) is 5.75. The molecule has 1 aliphatic rings. The van der Waals surface area contributed by atoms with E-state index in [0.717, 1.165) is 38.6 Å². The zero-order valence-electron chi connectivity index (χ0n) is 12.0. The number of amides is 1. The Morgan fingerprint density at radius 1 is 1.33 bits per heavy atom. The Kier molecular flexibility index (Phi) is 7.73. The van der Waals surface area contributed by atoms with Crippen molar-refractivity contribution in [1.82, 2.24) is 4.90 Å². The standard InChI is InChI=1S/C15H28ClNO/c1-3-5-9-13(4-2)15(18)17-11-8-6-7-10-14(17)12-16/h13-14H,3-12H2,1-2H3. The van der Waals surface area contributed by atoms with Crippen LogP contribution in [0.5, 0.6) is 0 Å². The van der Waals surface area contributed by atoms with Crippen molar-refractivity contribution in [3.05, 3.63) is 0 Å². The number of carbonyl (C=O) groups excluding carboxylic acids is 1. The minimum Gasteiger partial charge on any atom is -0.338 e. The minimum absolute atomic E-state index is 0.216. The first-order valence-corrected chi connectivity index (χ1v) is 8.14. The monoisotopic (exact) mass is 273 g/mol. The van der Waals surface area contributed by atoms with Crippen LogP contribution in [-0.4, -0.2) is 29.3 Å². The molecule has 1 aliphatic heterocycles. The average molecular weight is 274 g/mol. The largest absolute Gasteiger partial charge is 0.338 e. The molecule has 1 fully saturated rings. The third-order valence-electron chi connectivity index (χ3n) is 4.09. The fourth-order valence-corrected chi connectivity index (χ4v) is 3.14. The highest BCUT2D eigenvalue weighted by Crippen LogP contribution is 2.23. The van der Waals surface area contributed by atoms with Gasteiger partial charge in [0.25, 0.3) is 0 Å². The number of unbranched alkanes of at least 4 members (excludes halogenated alkanes) is 1. The lowest BCUT2D eigenvalue weighted by molar-refractivity contribution is -0.137. The van der Waals surface area contributed by atoms with Crippen molar-refractivity contribution in [2.24, 2.45) is 5.92 Å². The summed E-state index contributed by atoms with van der Waals surface area (Å²) in [7, 11) is 0. The summed E-state index contributed by atoms with van der Waals surface area (Å²) in [4.78, 5) is 14.7. The lowest BCUT2D eigenvalue weighted by Gasteiger charge is -2.32. The van der Waals surface area contributed by atoms with Gasteiger partial charge in [0.1, 0.15) is 0 Å². The van der Waals surface area contributed by atoms with E-state index >= 15 is 0 Å². The van der Waals surface area contributed by atoms with Crippen LogP contribution in [0.2, 0.25) is 0 Å². The van der Waals surface area contributed by atoms with E-state index in [1.807, 2.05) is 0 Å². The normalized spacial score (nSPS) is 22.6. The first-order chi connectivity index (χ1) is 8.74. The molecule has 106 valence electrons. The van der Waals surface area contributed by atoms with Gasteiger partial charge in [-0.15, -0.1) is 11.6 Å². The smallest absolute Gasteiger partial charge is 0.225 e. The van der Waals surface area contributed by atoms with Gasteiger partial charge in [0.2, 0.25) is 5.91 Å². The average Bonchev–Trinajstić information content (AvgIpc) is 2.64. The Hall–Kier alpha value is -0.240. The topological polar surface area (TPSA) is 20.3 Å². The Labute approximate surface area is 117 Å². The van der Waals surface area contributed by atoms with Crippen molar-refractivity contribution in [2.75, 3.05) is 12.4 Å². The Balaban J connectivity index is 2.64. The zero-order valence-corrected chi connectivity index (χ0v) is 12.7. The molecule has 1 saturated heterocycles. The molecule has 2 nitrogen and oxygen atoms in total. The number of alkyl halides is 1. The van der Waals surface area contributed by atoms with Gasteiger partial charge in [-0.3, -0.25) is 4.79 Å². The van der Waals surface area contributed by atoms with Crippen LogP contribution >= 0.6 is 11.6 Å². The Bertz CT molecular complexity index is 245. The van der Waals surface area contributed by atoms with Crippen molar-refractivity contribution in [3.8, 4) is 0 Å². The minimum atomic E-state index is 0.216. The molecular formula is C15H28ClNO. The van der Waals surface area contributed by atoms with Crippen LogP contribution in [0.3, 0.4) is 0 Å². The molecule has 0 N–H and O–H groups in total. The van der Waals surface area contributed by atoms with Gasteiger partial charge in [0.15, 0.2) is 0 Å². The molecule has 0 aromatic carbocycles. The maximum absolute atomic E-state index is 12.6. The number of likely N-dealkylation sites (tertiary alicyclic amines) is 1. The summed E-state index contributed by atoms with van der Waals surface area (Å²) < 4.78 is 0. The van der Waals surface area contributed by atoms with Crippen molar-refractivity contribution < 1.29 is 4.79 Å². The fourth-order valence-electron chi connectivity index (χ4n) is 2.82. The molecule has 3 heteroatoms. The molecule has 0 aliphatic carbocycles. The summed E-state index contributed by atoms with van der Waals surface area (Å²) >= 11 is 6.05. The maximum atomic E-state index is 12.6. The molecule has 18 heavy (non-hydrogen) atoms. The summed E-state index contributed by atoms with van der Waals surface area (Å²) in [6.45, 7) is 5.23. The van der Waals surface area contributed by atoms with Crippen LogP contribution in [0.4, 0.5) is 0 Å². The Morgan fingerprint density at radius 2 is 2.11 bits per heavy atom. The zero-order chi connectivity index (χ0) is 13.4. The molecule has 1 heterocycles. The number of carbonyl (C=O) groups is 1. The highest BCUT2D eigenvalue weighted by Gasteiger charge is 2.28. The van der Waals surface area contributed by atoms with E-state index in [9.17, 15) is 4.79 Å². The van der Waals surface area contributed by atoms with E-state index in [-0.39, 0.29) is 12.0 Å². The predicted octanol–water partition coefficient (Wildman–Crippen LogP) is 4.21. The molecule has 0 bridgehead atoms. The van der Waals surface area contributed by atoms with Gasteiger partial charge in [0.05, 0.1) is 0 Å². The molecule has 2 unspecified atom stereocenters. The summed E-state index contributed by atoms with van der Waals surface area (Å²) in [5.41, 5.74) is 0. The SMILES string of the molecule is CCCCC(CC)C(=O)N1CCCCCC1CCl. The molecule has 0 aromatic rings. The van der Waals surface area contributed by atoms with Gasteiger partial charge in [-0.05, 0) is 25.7 Å². The number of halogens is 1. The van der Waals surface area contributed by atoms with Crippen molar-refractivity contribution in [3.63, 3.8) is 0 Å². The fraction of sp³-hybridized carbons (Fsp3) is 0.933. The third kappa shape index (κ3) is 4.46. The van der Waals surface area contributed by atoms with Gasteiger partial charge in [-0.2, -0.15) is 0 Å². The third-order valence-corrected chi connectivity index (χ3v) is 4.44. The van der Waals surface area contributed by atoms with Gasteiger partial charge >= 0.3 is 0 Å². The van der Waals surface area contributed by atoms with Crippen LogP contribution < -0.4 is 0 Å². The maximum Gasteiger partial charge on any atom is 0.225 e. The molecule has 0 radical (unpaired) electrons. The second kappa shape index (κ2) is 8.79. The summed E-state index contributed by atoms with van der Waals surface area (Å²) in [6, 6.07) is 0.275. The second-order valence-electron chi connectivity index (χ2n) is 5.44. The molecule has 2 atom stereocenters. The van der Waals surface area contributed by atoms with E-state index in [0.29, 0.717) is 11.8 Å². The van der Waals surface area contributed by atoms with Crippen LogP contribution in [0, 0.1) is 5.92 Å². The van der Waals surface area contributed by atoms with Crippen molar-refractivity contribution in [2.45, 2.75) is 71.3 Å². The molecule has 1 rings (SSSR count). The van der Waals surface area contributed by atoms with E-state index in [4.69, 9.17) is 11.6 Å². The molecule has 0 aromatic heterocycles. The first-order valence-electron chi connectivity index (χ1n) is 7.61. The molecule has 0 saturated carbocycles. The quantitative estimate of drug-likeness (QED) is 0.664. The highest BCUT2D eigenvalue weighted by atomic mass is 35.5. The van der Waals surface area contributed by atoms with E-state index < -0.39 is 0 Å². The van der Waals surface area contributed by atoms with E-state index in [1.54, 1.807) is 0 Å². The summed E-state index contributed by atoms with van der Waals surface area (Å²) in [5, 5.41) is 0. The van der Waals surface area contributed by atoms with E-state index in [1.165, 1.54) is 19.3 Å². The first kappa shape index (κ1) is 15.8. The van der Waals surface area contributed by atoms with Gasteiger partial charge in [-0.1, -0.05) is 39.5 Å². The lowest BCUT2D eigenvalue weighted by Crippen LogP contribution is -2.44. The summed E-state index contributed by atoms with van der Waals surface area (Å²) in [6.07, 6.45) is 9.01. The molecule has 1 amide bonds. The van der Waals surface area contributed by atoms with Crippen molar-refractivity contribution in [1.29, 1.82) is 0 Å². The van der Waals surface area contributed by atoms with Gasteiger partial charge in [0, 0.05) is 24.4 Å². The van der Waals surface area contributed by atoms with Crippen LogP contribution in [0.1, 0.15) is 65.2 Å². The van der Waals surface area contributed by atoms with Gasteiger partial charge in [-0.25, -0.2) is 0 Å². The number of hydrogen-bond acceptors (Lipinski definition) is 1. The summed E-state index contributed by atoms with van der Waals surface area (Å²) in [5.74, 6) is 1.17.